The van der Waals surface area contributed by atoms with Crippen molar-refractivity contribution in [2.75, 3.05) is 6.61 Å². The normalized spacial score (nSPS) is 12.6. The number of imidazole rings is 1. The van der Waals surface area contributed by atoms with Crippen LogP contribution < -0.4 is 9.46 Å². The molecule has 0 bridgehead atoms. The standard InChI is InChI=1S/C16H14F4N4O3S/c17-14(18)16(19,20)9-27-11-5-6-21-10(7-11)8-22-28(25,26)15-23-12-3-1-2-4-13(12)24-15/h1-7,14,22H,8-9H2,(H,23,24). The van der Waals surface area contributed by atoms with Crippen LogP contribution in [0.25, 0.3) is 11.0 Å². The quantitative estimate of drug-likeness (QED) is 0.549. The number of nitrogens with zero attached hydrogens (tertiary/aromatic N) is 2. The molecule has 7 nitrogen and oxygen atoms in total. The van der Waals surface area contributed by atoms with E-state index in [1.165, 1.54) is 18.3 Å². The summed E-state index contributed by atoms with van der Waals surface area (Å²) in [4.78, 5) is 10.5. The molecular formula is C16H14F4N4O3S. The number of nitrogens with one attached hydrogen (secondary N) is 2. The number of halogens is 4. The lowest BCUT2D eigenvalue weighted by Gasteiger charge is -2.16. The Morgan fingerprint density at radius 2 is 1.96 bits per heavy atom. The molecule has 28 heavy (non-hydrogen) atoms. The monoisotopic (exact) mass is 418 g/mol. The van der Waals surface area contributed by atoms with Gasteiger partial charge < -0.3 is 9.72 Å². The Morgan fingerprint density at radius 3 is 2.68 bits per heavy atom. The lowest BCUT2D eigenvalue weighted by Crippen LogP contribution is -2.33. The van der Waals surface area contributed by atoms with E-state index in [4.69, 9.17) is 0 Å². The minimum Gasteiger partial charge on any atom is -0.487 e. The summed E-state index contributed by atoms with van der Waals surface area (Å²) >= 11 is 0. The molecule has 0 saturated heterocycles. The van der Waals surface area contributed by atoms with Crippen molar-refractivity contribution in [3.05, 3.63) is 48.3 Å². The van der Waals surface area contributed by atoms with Gasteiger partial charge in [0.2, 0.25) is 5.16 Å². The van der Waals surface area contributed by atoms with E-state index in [1.54, 1.807) is 24.3 Å². The molecule has 0 fully saturated rings. The number of rotatable bonds is 8. The number of alkyl halides is 4. The van der Waals surface area contributed by atoms with Crippen LogP contribution >= 0.6 is 0 Å². The maximum absolute atomic E-state index is 12.9. The first-order valence-electron chi connectivity index (χ1n) is 7.85. The second kappa shape index (κ2) is 7.72. The lowest BCUT2D eigenvalue weighted by molar-refractivity contribution is -0.148. The summed E-state index contributed by atoms with van der Waals surface area (Å²) in [7, 11) is -4.00. The van der Waals surface area contributed by atoms with Crippen LogP contribution in [0.2, 0.25) is 0 Å². The van der Waals surface area contributed by atoms with Crippen molar-refractivity contribution in [2.45, 2.75) is 24.0 Å². The molecule has 0 unspecified atom stereocenters. The van der Waals surface area contributed by atoms with Crippen LogP contribution in [-0.4, -0.2) is 42.3 Å². The third kappa shape index (κ3) is 4.57. The minimum atomic E-state index is -4.30. The maximum Gasteiger partial charge on any atom is 0.340 e. The number of hydrogen-bond donors (Lipinski definition) is 2. The fourth-order valence-corrected chi connectivity index (χ4v) is 3.12. The molecule has 0 spiro atoms. The van der Waals surface area contributed by atoms with E-state index in [9.17, 15) is 26.0 Å². The van der Waals surface area contributed by atoms with Crippen molar-refractivity contribution in [1.29, 1.82) is 0 Å². The second-order valence-electron chi connectivity index (χ2n) is 5.72. The summed E-state index contributed by atoms with van der Waals surface area (Å²) in [5.74, 6) is -4.44. The summed E-state index contributed by atoms with van der Waals surface area (Å²) in [6.45, 7) is -1.80. The molecule has 0 atom stereocenters. The van der Waals surface area contributed by atoms with Gasteiger partial charge in [-0.1, -0.05) is 12.1 Å². The van der Waals surface area contributed by atoms with Gasteiger partial charge >= 0.3 is 12.3 Å². The van der Waals surface area contributed by atoms with Crippen LogP contribution in [0.15, 0.2) is 47.8 Å². The third-order valence-corrected chi connectivity index (χ3v) is 4.83. The molecule has 0 saturated carbocycles. The van der Waals surface area contributed by atoms with Crippen molar-refractivity contribution in [3.8, 4) is 5.75 Å². The van der Waals surface area contributed by atoms with Gasteiger partial charge in [-0.3, -0.25) is 4.98 Å². The van der Waals surface area contributed by atoms with Crippen molar-refractivity contribution in [3.63, 3.8) is 0 Å². The molecule has 3 rings (SSSR count). The first-order chi connectivity index (χ1) is 13.2. The van der Waals surface area contributed by atoms with Crippen molar-refractivity contribution >= 4 is 21.1 Å². The molecule has 2 N–H and O–H groups in total. The van der Waals surface area contributed by atoms with Crippen LogP contribution in [0.3, 0.4) is 0 Å². The van der Waals surface area contributed by atoms with Gasteiger partial charge in [0.25, 0.3) is 10.0 Å². The molecule has 2 heterocycles. The number of fused-ring (bicyclic) bond motifs is 1. The molecule has 3 aromatic rings. The minimum absolute atomic E-state index is 0.137. The van der Waals surface area contributed by atoms with Crippen molar-refractivity contribution in [2.24, 2.45) is 0 Å². The van der Waals surface area contributed by atoms with Gasteiger partial charge in [-0.25, -0.2) is 26.9 Å². The highest BCUT2D eigenvalue weighted by Gasteiger charge is 2.41. The molecule has 0 aliphatic rings. The van der Waals surface area contributed by atoms with E-state index in [1.807, 2.05) is 0 Å². The summed E-state index contributed by atoms with van der Waals surface area (Å²) in [5.41, 5.74) is 1.14. The molecule has 0 amide bonds. The number of benzene rings is 1. The van der Waals surface area contributed by atoms with E-state index in [-0.39, 0.29) is 23.1 Å². The summed E-state index contributed by atoms with van der Waals surface area (Å²) < 4.78 is 81.8. The highest BCUT2D eigenvalue weighted by atomic mass is 32.2. The molecule has 12 heteroatoms. The Bertz CT molecular complexity index is 1040. The Kier molecular flexibility index (Phi) is 5.52. The summed E-state index contributed by atoms with van der Waals surface area (Å²) in [6, 6.07) is 9.10. The average Bonchev–Trinajstić information content (AvgIpc) is 3.10. The molecular weight excluding hydrogens is 404 g/mol. The molecule has 2 aromatic heterocycles. The van der Waals surface area contributed by atoms with Gasteiger partial charge in [-0.2, -0.15) is 8.78 Å². The number of aromatic nitrogens is 3. The topological polar surface area (TPSA) is 97.0 Å². The zero-order valence-electron chi connectivity index (χ0n) is 14.1. The molecule has 0 aliphatic heterocycles. The summed E-state index contributed by atoms with van der Waals surface area (Å²) in [6.07, 6.45) is -2.68. The fraction of sp³-hybridized carbons (Fsp3) is 0.250. The second-order valence-corrected chi connectivity index (χ2v) is 7.40. The molecule has 1 aromatic carbocycles. The zero-order chi connectivity index (χ0) is 20.4. The molecule has 0 radical (unpaired) electrons. The van der Waals surface area contributed by atoms with Crippen molar-refractivity contribution < 1.29 is 30.7 Å². The van der Waals surface area contributed by atoms with Crippen LogP contribution in [0.5, 0.6) is 5.75 Å². The van der Waals surface area contributed by atoms with E-state index >= 15 is 0 Å². The van der Waals surface area contributed by atoms with E-state index < -0.39 is 29.0 Å². The van der Waals surface area contributed by atoms with Gasteiger partial charge in [-0.05, 0) is 18.2 Å². The van der Waals surface area contributed by atoms with Gasteiger partial charge in [0, 0.05) is 12.3 Å². The van der Waals surface area contributed by atoms with E-state index in [0.717, 1.165) is 0 Å². The number of hydrogen-bond acceptors (Lipinski definition) is 5. The Morgan fingerprint density at radius 1 is 1.21 bits per heavy atom. The molecule has 0 aliphatic carbocycles. The third-order valence-electron chi connectivity index (χ3n) is 3.60. The Hall–Kier alpha value is -2.73. The van der Waals surface area contributed by atoms with Gasteiger partial charge in [0.15, 0.2) is 6.61 Å². The summed E-state index contributed by atoms with van der Waals surface area (Å²) in [5, 5.41) is -0.294. The van der Waals surface area contributed by atoms with E-state index in [2.05, 4.69) is 24.4 Å². The highest BCUT2D eigenvalue weighted by molar-refractivity contribution is 7.89. The number of pyridine rings is 1. The smallest absolute Gasteiger partial charge is 0.340 e. The first-order valence-corrected chi connectivity index (χ1v) is 9.34. The predicted molar refractivity (Wildman–Crippen MR) is 90.8 cm³/mol. The predicted octanol–water partition coefficient (Wildman–Crippen LogP) is 2.72. The maximum atomic E-state index is 12.9. The first kappa shape index (κ1) is 20.0. The van der Waals surface area contributed by atoms with Gasteiger partial charge in [0.05, 0.1) is 23.3 Å². The number of ether oxygens (including phenoxy) is 1. The van der Waals surface area contributed by atoms with Crippen LogP contribution in [0, 0.1) is 0 Å². The number of sulfonamides is 1. The fourth-order valence-electron chi connectivity index (χ4n) is 2.18. The average molecular weight is 418 g/mol. The Labute approximate surface area is 156 Å². The van der Waals surface area contributed by atoms with Crippen LogP contribution in [0.1, 0.15) is 5.69 Å². The lowest BCUT2D eigenvalue weighted by atomic mass is 10.3. The van der Waals surface area contributed by atoms with Gasteiger partial charge in [-0.15, -0.1) is 0 Å². The van der Waals surface area contributed by atoms with Crippen molar-refractivity contribution in [1.82, 2.24) is 19.7 Å². The zero-order valence-corrected chi connectivity index (χ0v) is 14.9. The van der Waals surface area contributed by atoms with Crippen LogP contribution in [0.4, 0.5) is 17.6 Å². The number of aromatic amines is 1. The highest BCUT2D eigenvalue weighted by Crippen LogP contribution is 2.24. The number of H-pyrrole nitrogens is 1. The Balaban J connectivity index is 1.67. The van der Waals surface area contributed by atoms with E-state index in [0.29, 0.717) is 11.0 Å². The largest absolute Gasteiger partial charge is 0.487 e. The van der Waals surface area contributed by atoms with Crippen LogP contribution in [-0.2, 0) is 16.6 Å². The van der Waals surface area contributed by atoms with Gasteiger partial charge in [0.1, 0.15) is 5.75 Å². The molecule has 150 valence electrons. The SMILES string of the molecule is O=S(=O)(NCc1cc(OCC(F)(F)C(F)F)ccn1)c1nc2ccccc2[nH]1. The number of para-hydroxylation sites is 2.